The van der Waals surface area contributed by atoms with E-state index >= 15 is 0 Å². The lowest BCUT2D eigenvalue weighted by atomic mass is 9.82. The Kier molecular flexibility index (Phi) is 7.51. The van der Waals surface area contributed by atoms with Gasteiger partial charge >= 0.3 is 6.03 Å². The maximum atomic E-state index is 12.9. The third kappa shape index (κ3) is 5.70. The van der Waals surface area contributed by atoms with Gasteiger partial charge in [0.15, 0.2) is 0 Å². The molecule has 2 atom stereocenters. The maximum Gasteiger partial charge on any atom is 0.317 e. The topological polar surface area (TPSA) is 70.7 Å². The maximum absolute atomic E-state index is 12.9. The number of amides is 3. The van der Waals surface area contributed by atoms with Crippen LogP contribution in [0.25, 0.3) is 0 Å². The summed E-state index contributed by atoms with van der Waals surface area (Å²) in [6.45, 7) is 2.92. The number of hydrogen-bond donors (Lipinski definition) is 2. The molecule has 0 radical (unpaired) electrons. The summed E-state index contributed by atoms with van der Waals surface area (Å²) < 4.78 is 5.56. The molecule has 2 fully saturated rings. The van der Waals surface area contributed by atoms with E-state index in [2.05, 4.69) is 22.8 Å². The van der Waals surface area contributed by atoms with Crippen LogP contribution in [0.3, 0.4) is 0 Å². The fraction of sp³-hybridized carbons (Fsp3) is 0.619. The van der Waals surface area contributed by atoms with Crippen molar-refractivity contribution in [1.82, 2.24) is 15.5 Å². The summed E-state index contributed by atoms with van der Waals surface area (Å²) in [7, 11) is 0. The fourth-order valence-electron chi connectivity index (χ4n) is 4.08. The first-order valence-electron chi connectivity index (χ1n) is 10.2. The highest BCUT2D eigenvalue weighted by Gasteiger charge is 2.36. The molecule has 6 nitrogen and oxygen atoms in total. The SMILES string of the molecule is O=C1NCCOCCCN(C(=O)NCCc2ccccc2)C2CCCCC12. The minimum Gasteiger partial charge on any atom is -0.380 e. The van der Waals surface area contributed by atoms with Gasteiger partial charge < -0.3 is 20.3 Å². The summed E-state index contributed by atoms with van der Waals surface area (Å²) in [6.07, 6.45) is 5.46. The summed E-state index contributed by atoms with van der Waals surface area (Å²) in [5.74, 6) is -0.0518. The smallest absolute Gasteiger partial charge is 0.317 e. The molecule has 0 bridgehead atoms. The van der Waals surface area contributed by atoms with Crippen molar-refractivity contribution in [2.24, 2.45) is 5.92 Å². The van der Waals surface area contributed by atoms with Crippen LogP contribution in [0.15, 0.2) is 30.3 Å². The summed E-state index contributed by atoms with van der Waals surface area (Å²) in [5.41, 5.74) is 1.21. The predicted octanol–water partition coefficient (Wildman–Crippen LogP) is 2.34. The number of hydrogen-bond acceptors (Lipinski definition) is 3. The van der Waals surface area contributed by atoms with Crippen LogP contribution in [0.4, 0.5) is 4.79 Å². The largest absolute Gasteiger partial charge is 0.380 e. The molecule has 3 amide bonds. The molecule has 1 heterocycles. The van der Waals surface area contributed by atoms with Gasteiger partial charge in [-0.1, -0.05) is 43.2 Å². The van der Waals surface area contributed by atoms with Crippen molar-refractivity contribution in [3.8, 4) is 0 Å². The summed E-state index contributed by atoms with van der Waals surface area (Å²) >= 11 is 0. The van der Waals surface area contributed by atoms with E-state index < -0.39 is 0 Å². The Morgan fingerprint density at radius 1 is 1.15 bits per heavy atom. The average molecular weight is 373 g/mol. The molecule has 2 N–H and O–H groups in total. The van der Waals surface area contributed by atoms with Crippen LogP contribution in [0, 0.1) is 5.92 Å². The van der Waals surface area contributed by atoms with Gasteiger partial charge in [0.1, 0.15) is 0 Å². The van der Waals surface area contributed by atoms with Crippen LogP contribution in [0.5, 0.6) is 0 Å². The lowest BCUT2D eigenvalue weighted by Crippen LogP contribution is -2.54. The van der Waals surface area contributed by atoms with Crippen LogP contribution in [0.1, 0.15) is 37.7 Å². The molecule has 1 saturated carbocycles. The first-order valence-corrected chi connectivity index (χ1v) is 10.2. The molecular formula is C21H31N3O3. The van der Waals surface area contributed by atoms with Gasteiger partial charge in [-0.3, -0.25) is 4.79 Å². The molecule has 6 heteroatoms. The number of ether oxygens (including phenoxy) is 1. The quantitative estimate of drug-likeness (QED) is 0.854. The second kappa shape index (κ2) is 10.3. The molecular weight excluding hydrogens is 342 g/mol. The van der Waals surface area contributed by atoms with Crippen LogP contribution in [-0.2, 0) is 16.0 Å². The number of nitrogens with one attached hydrogen (secondary N) is 2. The number of carbonyl (C=O) groups is 2. The van der Waals surface area contributed by atoms with E-state index in [1.54, 1.807) is 0 Å². The second-order valence-corrected chi connectivity index (χ2v) is 7.38. The molecule has 1 saturated heterocycles. The van der Waals surface area contributed by atoms with Gasteiger partial charge in [0.2, 0.25) is 5.91 Å². The third-order valence-electron chi connectivity index (χ3n) is 5.49. The Bertz CT molecular complexity index is 608. The first-order chi connectivity index (χ1) is 13.3. The molecule has 1 aliphatic heterocycles. The number of nitrogens with zero attached hydrogens (tertiary/aromatic N) is 1. The van der Waals surface area contributed by atoms with E-state index in [0.29, 0.717) is 32.8 Å². The normalized spacial score (nSPS) is 24.3. The first kappa shape index (κ1) is 19.7. The number of benzene rings is 1. The monoisotopic (exact) mass is 373 g/mol. The molecule has 2 unspecified atom stereocenters. The van der Waals surface area contributed by atoms with Crippen LogP contribution in [-0.4, -0.2) is 55.7 Å². The van der Waals surface area contributed by atoms with Gasteiger partial charge in [0.05, 0.1) is 12.5 Å². The lowest BCUT2D eigenvalue weighted by Gasteiger charge is -2.39. The Labute approximate surface area is 161 Å². The minimum atomic E-state index is -0.114. The zero-order valence-corrected chi connectivity index (χ0v) is 16.0. The van der Waals surface area contributed by atoms with Crippen molar-refractivity contribution in [2.45, 2.75) is 44.6 Å². The van der Waals surface area contributed by atoms with Gasteiger partial charge in [-0.15, -0.1) is 0 Å². The summed E-state index contributed by atoms with van der Waals surface area (Å²) in [6, 6.07) is 10.1. The number of urea groups is 1. The van der Waals surface area contributed by atoms with Crippen LogP contribution in [0.2, 0.25) is 0 Å². The molecule has 0 aromatic heterocycles. The Balaban J connectivity index is 1.64. The Hall–Kier alpha value is -2.08. The van der Waals surface area contributed by atoms with E-state index in [4.69, 9.17) is 4.74 Å². The van der Waals surface area contributed by atoms with Crippen molar-refractivity contribution < 1.29 is 14.3 Å². The van der Waals surface area contributed by atoms with Gasteiger partial charge in [0.25, 0.3) is 0 Å². The van der Waals surface area contributed by atoms with E-state index in [0.717, 1.165) is 38.5 Å². The number of rotatable bonds is 3. The highest BCUT2D eigenvalue weighted by molar-refractivity contribution is 5.81. The average Bonchev–Trinajstić information content (AvgIpc) is 2.73. The van der Waals surface area contributed by atoms with E-state index in [1.807, 2.05) is 23.1 Å². The van der Waals surface area contributed by atoms with E-state index in [1.165, 1.54) is 5.56 Å². The predicted molar refractivity (Wildman–Crippen MR) is 104 cm³/mol. The van der Waals surface area contributed by atoms with Crippen molar-refractivity contribution in [3.63, 3.8) is 0 Å². The van der Waals surface area contributed by atoms with Crippen LogP contribution < -0.4 is 10.6 Å². The van der Waals surface area contributed by atoms with Gasteiger partial charge in [-0.25, -0.2) is 4.79 Å². The molecule has 27 heavy (non-hydrogen) atoms. The molecule has 2 aliphatic rings. The minimum absolute atomic E-state index is 0.0198. The lowest BCUT2D eigenvalue weighted by molar-refractivity contribution is -0.128. The molecule has 3 rings (SSSR count). The molecule has 148 valence electrons. The second-order valence-electron chi connectivity index (χ2n) is 7.38. The van der Waals surface area contributed by atoms with Crippen molar-refractivity contribution in [3.05, 3.63) is 35.9 Å². The molecule has 1 aromatic rings. The Morgan fingerprint density at radius 2 is 1.96 bits per heavy atom. The Morgan fingerprint density at radius 3 is 2.81 bits per heavy atom. The molecule has 0 spiro atoms. The van der Waals surface area contributed by atoms with Crippen molar-refractivity contribution >= 4 is 11.9 Å². The fourth-order valence-corrected chi connectivity index (χ4v) is 4.08. The van der Waals surface area contributed by atoms with E-state index in [-0.39, 0.29) is 23.9 Å². The number of fused-ring (bicyclic) bond motifs is 1. The standard InChI is InChI=1S/C21H31N3O3/c25-20-18-9-4-5-10-19(18)24(14-6-15-27-16-13-22-20)21(26)23-12-11-17-7-2-1-3-8-17/h1-3,7-8,18-19H,4-6,9-16H2,(H,22,25)(H,23,26). The molecule has 1 aliphatic carbocycles. The number of carbonyl (C=O) groups excluding carboxylic acids is 2. The zero-order chi connectivity index (χ0) is 18.9. The van der Waals surface area contributed by atoms with Crippen LogP contribution >= 0.6 is 0 Å². The highest BCUT2D eigenvalue weighted by Crippen LogP contribution is 2.29. The van der Waals surface area contributed by atoms with Crippen molar-refractivity contribution in [1.29, 1.82) is 0 Å². The van der Waals surface area contributed by atoms with Gasteiger partial charge in [0, 0.05) is 32.3 Å². The zero-order valence-electron chi connectivity index (χ0n) is 16.0. The third-order valence-corrected chi connectivity index (χ3v) is 5.49. The van der Waals surface area contributed by atoms with Crippen molar-refractivity contribution in [2.75, 3.05) is 32.8 Å². The van der Waals surface area contributed by atoms with Gasteiger partial charge in [-0.2, -0.15) is 0 Å². The molecule has 1 aromatic carbocycles. The summed E-state index contributed by atoms with van der Waals surface area (Å²) in [4.78, 5) is 27.5. The van der Waals surface area contributed by atoms with Gasteiger partial charge in [-0.05, 0) is 31.2 Å². The highest BCUT2D eigenvalue weighted by atomic mass is 16.5. The summed E-state index contributed by atoms with van der Waals surface area (Å²) in [5, 5.41) is 6.04. The van der Waals surface area contributed by atoms with E-state index in [9.17, 15) is 9.59 Å².